The molecule has 3 nitrogen and oxygen atoms in total. The van der Waals surface area contributed by atoms with Crippen molar-refractivity contribution in [3.63, 3.8) is 0 Å². The van der Waals surface area contributed by atoms with Crippen LogP contribution in [0.1, 0.15) is 5.56 Å². The standard InChI is InChI=1S/C11H12O3/c1-2-11(12)14-13-9-8-10-6-4-3-5-7-10/h2-7H,1,8-9H2. The molecule has 0 spiro atoms. The molecule has 3 heteroatoms. The van der Waals surface area contributed by atoms with Crippen molar-refractivity contribution in [1.82, 2.24) is 0 Å². The second kappa shape index (κ2) is 5.94. The molecule has 0 atom stereocenters. The van der Waals surface area contributed by atoms with Crippen molar-refractivity contribution in [2.45, 2.75) is 6.42 Å². The molecule has 0 bridgehead atoms. The minimum atomic E-state index is -0.571. The maximum atomic E-state index is 10.6. The van der Waals surface area contributed by atoms with E-state index in [2.05, 4.69) is 16.4 Å². The van der Waals surface area contributed by atoms with E-state index in [1.54, 1.807) is 0 Å². The number of hydrogen-bond donors (Lipinski definition) is 0. The van der Waals surface area contributed by atoms with Gasteiger partial charge < -0.3 is 0 Å². The van der Waals surface area contributed by atoms with Crippen molar-refractivity contribution in [2.24, 2.45) is 0 Å². The average Bonchev–Trinajstić information content (AvgIpc) is 2.25. The molecule has 0 aliphatic heterocycles. The van der Waals surface area contributed by atoms with Gasteiger partial charge in [0.2, 0.25) is 0 Å². The molecular weight excluding hydrogens is 180 g/mol. The van der Waals surface area contributed by atoms with Gasteiger partial charge >= 0.3 is 5.97 Å². The average molecular weight is 192 g/mol. The fourth-order valence-corrected chi connectivity index (χ4v) is 0.938. The van der Waals surface area contributed by atoms with E-state index >= 15 is 0 Å². The summed E-state index contributed by atoms with van der Waals surface area (Å²) in [6.07, 6.45) is 1.77. The van der Waals surface area contributed by atoms with Gasteiger partial charge in [0.15, 0.2) is 0 Å². The lowest BCUT2D eigenvalue weighted by molar-refractivity contribution is -0.266. The lowest BCUT2D eigenvalue weighted by atomic mass is 10.2. The van der Waals surface area contributed by atoms with E-state index in [9.17, 15) is 4.79 Å². The third-order valence-electron chi connectivity index (χ3n) is 1.62. The molecule has 0 unspecified atom stereocenters. The van der Waals surface area contributed by atoms with Crippen LogP contribution in [0.2, 0.25) is 0 Å². The Morgan fingerprint density at radius 2 is 2.07 bits per heavy atom. The Bertz CT molecular complexity index is 293. The van der Waals surface area contributed by atoms with Crippen molar-refractivity contribution in [2.75, 3.05) is 6.61 Å². The van der Waals surface area contributed by atoms with Gasteiger partial charge in [-0.1, -0.05) is 36.9 Å². The van der Waals surface area contributed by atoms with Gasteiger partial charge in [-0.3, -0.25) is 4.89 Å². The molecule has 0 aromatic heterocycles. The van der Waals surface area contributed by atoms with Crippen molar-refractivity contribution in [3.8, 4) is 0 Å². The molecule has 1 aromatic carbocycles. The Hall–Kier alpha value is -1.61. The predicted molar refractivity (Wildman–Crippen MR) is 52.4 cm³/mol. The van der Waals surface area contributed by atoms with Crippen LogP contribution in [0.5, 0.6) is 0 Å². The highest BCUT2D eigenvalue weighted by Crippen LogP contribution is 1.99. The highest BCUT2D eigenvalue weighted by atomic mass is 17.2. The minimum Gasteiger partial charge on any atom is -0.294 e. The van der Waals surface area contributed by atoms with E-state index in [0.717, 1.165) is 11.6 Å². The number of carbonyl (C=O) groups is 1. The summed E-state index contributed by atoms with van der Waals surface area (Å²) in [6.45, 7) is 3.59. The van der Waals surface area contributed by atoms with Crippen molar-refractivity contribution < 1.29 is 14.6 Å². The highest BCUT2D eigenvalue weighted by Gasteiger charge is 1.96. The summed E-state index contributed by atoms with van der Waals surface area (Å²) >= 11 is 0. The summed E-state index contributed by atoms with van der Waals surface area (Å²) in [5, 5.41) is 0. The van der Waals surface area contributed by atoms with Crippen LogP contribution in [-0.2, 0) is 21.0 Å². The summed E-state index contributed by atoms with van der Waals surface area (Å²) < 4.78 is 0. The van der Waals surface area contributed by atoms with Crippen LogP contribution in [-0.4, -0.2) is 12.6 Å². The second-order valence-corrected chi connectivity index (χ2v) is 2.66. The van der Waals surface area contributed by atoms with Gasteiger partial charge in [-0.15, -0.1) is 0 Å². The van der Waals surface area contributed by atoms with Crippen molar-refractivity contribution in [3.05, 3.63) is 48.6 Å². The Morgan fingerprint density at radius 1 is 1.36 bits per heavy atom. The van der Waals surface area contributed by atoms with Gasteiger partial charge in [0.1, 0.15) is 0 Å². The quantitative estimate of drug-likeness (QED) is 0.309. The largest absolute Gasteiger partial charge is 0.365 e. The molecule has 0 aliphatic carbocycles. The summed E-state index contributed by atoms with van der Waals surface area (Å²) in [5.74, 6) is -0.571. The molecule has 0 heterocycles. The Balaban J connectivity index is 2.16. The van der Waals surface area contributed by atoms with Gasteiger partial charge in [0, 0.05) is 6.08 Å². The zero-order chi connectivity index (χ0) is 10.2. The lowest BCUT2D eigenvalue weighted by Crippen LogP contribution is -2.04. The summed E-state index contributed by atoms with van der Waals surface area (Å²) in [7, 11) is 0. The van der Waals surface area contributed by atoms with Gasteiger partial charge in [-0.05, 0) is 12.0 Å². The van der Waals surface area contributed by atoms with Crippen LogP contribution in [0.3, 0.4) is 0 Å². The normalized spacial score (nSPS) is 9.43. The Kier molecular flexibility index (Phi) is 4.44. The monoisotopic (exact) mass is 192 g/mol. The lowest BCUT2D eigenvalue weighted by Gasteiger charge is -2.01. The maximum Gasteiger partial charge on any atom is 0.365 e. The van der Waals surface area contributed by atoms with E-state index in [1.807, 2.05) is 30.3 Å². The highest BCUT2D eigenvalue weighted by molar-refractivity contribution is 5.80. The molecule has 0 N–H and O–H groups in total. The van der Waals surface area contributed by atoms with Gasteiger partial charge in [0.05, 0.1) is 6.61 Å². The predicted octanol–water partition coefficient (Wildman–Crippen LogP) is 1.89. The first-order valence-electron chi connectivity index (χ1n) is 4.32. The van der Waals surface area contributed by atoms with Crippen LogP contribution < -0.4 is 0 Å². The third-order valence-corrected chi connectivity index (χ3v) is 1.62. The van der Waals surface area contributed by atoms with Gasteiger partial charge in [-0.2, -0.15) is 4.89 Å². The molecule has 0 saturated carbocycles. The zero-order valence-corrected chi connectivity index (χ0v) is 7.81. The molecule has 1 rings (SSSR count). The Morgan fingerprint density at radius 3 is 2.71 bits per heavy atom. The van der Waals surface area contributed by atoms with Crippen LogP contribution in [0.15, 0.2) is 43.0 Å². The number of carbonyl (C=O) groups excluding carboxylic acids is 1. The molecule has 1 aromatic rings. The van der Waals surface area contributed by atoms with Crippen LogP contribution in [0.4, 0.5) is 0 Å². The van der Waals surface area contributed by atoms with Crippen molar-refractivity contribution in [1.29, 1.82) is 0 Å². The zero-order valence-electron chi connectivity index (χ0n) is 7.81. The van der Waals surface area contributed by atoms with Crippen LogP contribution in [0, 0.1) is 0 Å². The van der Waals surface area contributed by atoms with E-state index < -0.39 is 5.97 Å². The fourth-order valence-electron chi connectivity index (χ4n) is 0.938. The fraction of sp³-hybridized carbons (Fsp3) is 0.182. The summed E-state index contributed by atoms with van der Waals surface area (Å²) in [4.78, 5) is 19.6. The molecule has 74 valence electrons. The van der Waals surface area contributed by atoms with Gasteiger partial charge in [-0.25, -0.2) is 4.79 Å². The molecular formula is C11H12O3. The SMILES string of the molecule is C=CC(=O)OOCCc1ccccc1. The number of hydrogen-bond acceptors (Lipinski definition) is 3. The van der Waals surface area contributed by atoms with Gasteiger partial charge in [0.25, 0.3) is 0 Å². The van der Waals surface area contributed by atoms with E-state index in [-0.39, 0.29) is 0 Å². The summed E-state index contributed by atoms with van der Waals surface area (Å²) in [5.41, 5.74) is 1.14. The molecule has 0 aliphatic rings. The molecule has 0 amide bonds. The topological polar surface area (TPSA) is 35.5 Å². The minimum absolute atomic E-state index is 0.351. The maximum absolute atomic E-state index is 10.6. The van der Waals surface area contributed by atoms with Crippen LogP contribution >= 0.6 is 0 Å². The first-order valence-corrected chi connectivity index (χ1v) is 4.32. The number of rotatable bonds is 5. The van der Waals surface area contributed by atoms with E-state index in [1.165, 1.54) is 0 Å². The third kappa shape index (κ3) is 3.87. The van der Waals surface area contributed by atoms with Crippen LogP contribution in [0.25, 0.3) is 0 Å². The summed E-state index contributed by atoms with van der Waals surface area (Å²) in [6, 6.07) is 9.82. The molecule has 14 heavy (non-hydrogen) atoms. The van der Waals surface area contributed by atoms with E-state index in [0.29, 0.717) is 13.0 Å². The first kappa shape index (κ1) is 10.5. The molecule has 0 radical (unpaired) electrons. The second-order valence-electron chi connectivity index (χ2n) is 2.66. The molecule has 0 fully saturated rings. The Labute approximate surface area is 82.9 Å². The molecule has 0 saturated heterocycles. The van der Waals surface area contributed by atoms with Crippen molar-refractivity contribution >= 4 is 5.97 Å². The smallest absolute Gasteiger partial charge is 0.294 e. The van der Waals surface area contributed by atoms with E-state index in [4.69, 9.17) is 0 Å². The first-order chi connectivity index (χ1) is 6.83. The number of benzene rings is 1.